The number of fused-ring (bicyclic) bond motifs is 1. The lowest BCUT2D eigenvalue weighted by atomic mass is 9.96. The van der Waals surface area contributed by atoms with Gasteiger partial charge in [-0.15, -0.1) is 0 Å². The first-order chi connectivity index (χ1) is 15.9. The highest BCUT2D eigenvalue weighted by Gasteiger charge is 2.28. The number of pyridine rings is 1. The second-order valence-corrected chi connectivity index (χ2v) is 9.24. The lowest BCUT2D eigenvalue weighted by Crippen LogP contribution is -2.16. The van der Waals surface area contributed by atoms with Gasteiger partial charge in [0, 0.05) is 21.1 Å². The van der Waals surface area contributed by atoms with E-state index in [-0.39, 0.29) is 17.4 Å². The normalized spacial score (nSPS) is 13.2. The minimum absolute atomic E-state index is 0.232. The first kappa shape index (κ1) is 21.3. The number of aromatic nitrogens is 1. The molecule has 3 aromatic carbocycles. The van der Waals surface area contributed by atoms with Crippen molar-refractivity contribution in [3.63, 3.8) is 0 Å². The maximum Gasteiger partial charge on any atom is 0.335 e. The molecule has 5 nitrogen and oxygen atoms in total. The van der Waals surface area contributed by atoms with E-state index in [1.807, 2.05) is 55.5 Å². The number of nitrogens with zero attached hydrogens (tertiary/aromatic N) is 1. The fourth-order valence-electron chi connectivity index (χ4n) is 4.23. The minimum Gasteiger partial charge on any atom is -0.478 e. The zero-order valence-electron chi connectivity index (χ0n) is 17.9. The van der Waals surface area contributed by atoms with E-state index in [0.29, 0.717) is 11.3 Å². The van der Waals surface area contributed by atoms with Gasteiger partial charge in [0.05, 0.1) is 22.3 Å². The van der Waals surface area contributed by atoms with Crippen molar-refractivity contribution in [2.45, 2.75) is 25.7 Å². The van der Waals surface area contributed by atoms with Crippen molar-refractivity contribution in [1.82, 2.24) is 4.98 Å². The number of hydrogen-bond donors (Lipinski definition) is 2. The predicted octanol–water partition coefficient (Wildman–Crippen LogP) is 6.80. The van der Waals surface area contributed by atoms with Gasteiger partial charge < -0.3 is 10.4 Å². The summed E-state index contributed by atoms with van der Waals surface area (Å²) in [5.74, 6) is -0.924. The van der Waals surface area contributed by atoms with Crippen LogP contribution in [0.25, 0.3) is 22.2 Å². The quantitative estimate of drug-likeness (QED) is 0.315. The molecule has 1 saturated carbocycles. The van der Waals surface area contributed by atoms with E-state index in [1.165, 1.54) is 6.07 Å². The molecular formula is C27H21BrN2O3. The lowest BCUT2D eigenvalue weighted by molar-refractivity contribution is 0.0696. The first-order valence-corrected chi connectivity index (χ1v) is 11.6. The summed E-state index contributed by atoms with van der Waals surface area (Å²) < 4.78 is 0.863. The van der Waals surface area contributed by atoms with Crippen molar-refractivity contribution >= 4 is 44.4 Å². The molecular weight excluding hydrogens is 480 g/mol. The Morgan fingerprint density at radius 3 is 2.48 bits per heavy atom. The Balaban J connectivity index is 1.64. The van der Waals surface area contributed by atoms with Gasteiger partial charge in [-0.05, 0) is 73.2 Å². The number of anilines is 1. The van der Waals surface area contributed by atoms with Crippen LogP contribution in [0.15, 0.2) is 71.2 Å². The van der Waals surface area contributed by atoms with Gasteiger partial charge in [-0.3, -0.25) is 4.79 Å². The molecule has 0 unspecified atom stereocenters. The van der Waals surface area contributed by atoms with Gasteiger partial charge in [-0.2, -0.15) is 0 Å². The Kier molecular flexibility index (Phi) is 5.46. The number of benzene rings is 3. The molecule has 0 atom stereocenters. The van der Waals surface area contributed by atoms with E-state index in [1.54, 1.807) is 12.1 Å². The van der Waals surface area contributed by atoms with Crippen molar-refractivity contribution in [3.05, 3.63) is 93.5 Å². The summed E-state index contributed by atoms with van der Waals surface area (Å²) in [7, 11) is 0. The number of carboxylic acid groups (broad SMARTS) is 1. The SMILES string of the molecule is Cc1c(-c2ccccc2)nc2ccc(Br)cc2c1C(=O)Nc1ccc(C(=O)O)cc1C1CC1. The number of rotatable bonds is 5. The van der Waals surface area contributed by atoms with Gasteiger partial charge in [0.15, 0.2) is 0 Å². The number of aromatic carboxylic acids is 1. The minimum atomic E-state index is -0.969. The summed E-state index contributed by atoms with van der Waals surface area (Å²) in [6.07, 6.45) is 1.99. The summed E-state index contributed by atoms with van der Waals surface area (Å²) in [4.78, 5) is 30.0. The van der Waals surface area contributed by atoms with E-state index in [0.717, 1.165) is 50.6 Å². The van der Waals surface area contributed by atoms with Crippen LogP contribution in [-0.4, -0.2) is 22.0 Å². The van der Waals surface area contributed by atoms with Crippen molar-refractivity contribution in [3.8, 4) is 11.3 Å². The summed E-state index contributed by atoms with van der Waals surface area (Å²) in [6, 6.07) is 20.5. The van der Waals surface area contributed by atoms with Crippen LogP contribution in [-0.2, 0) is 0 Å². The molecule has 0 bridgehead atoms. The number of nitrogens with one attached hydrogen (secondary N) is 1. The van der Waals surface area contributed by atoms with E-state index in [9.17, 15) is 14.7 Å². The van der Waals surface area contributed by atoms with Crippen molar-refractivity contribution < 1.29 is 14.7 Å². The maximum absolute atomic E-state index is 13.7. The van der Waals surface area contributed by atoms with E-state index < -0.39 is 5.97 Å². The van der Waals surface area contributed by atoms with Gasteiger partial charge >= 0.3 is 5.97 Å². The van der Waals surface area contributed by atoms with Crippen LogP contribution in [0.3, 0.4) is 0 Å². The van der Waals surface area contributed by atoms with Crippen molar-refractivity contribution in [2.75, 3.05) is 5.32 Å². The van der Waals surface area contributed by atoms with Crippen molar-refractivity contribution in [1.29, 1.82) is 0 Å². The van der Waals surface area contributed by atoms with Crippen LogP contribution in [0, 0.1) is 6.92 Å². The average Bonchev–Trinajstić information content (AvgIpc) is 3.64. The monoisotopic (exact) mass is 500 g/mol. The highest BCUT2D eigenvalue weighted by atomic mass is 79.9. The summed E-state index contributed by atoms with van der Waals surface area (Å²) >= 11 is 3.52. The highest BCUT2D eigenvalue weighted by Crippen LogP contribution is 2.44. The molecule has 1 aromatic heterocycles. The smallest absolute Gasteiger partial charge is 0.335 e. The summed E-state index contributed by atoms with van der Waals surface area (Å²) in [5, 5.41) is 13.2. The highest BCUT2D eigenvalue weighted by molar-refractivity contribution is 9.10. The van der Waals surface area contributed by atoms with Crippen LogP contribution >= 0.6 is 15.9 Å². The molecule has 5 rings (SSSR count). The summed E-state index contributed by atoms with van der Waals surface area (Å²) in [6.45, 7) is 1.92. The molecule has 1 aliphatic carbocycles. The zero-order valence-corrected chi connectivity index (χ0v) is 19.5. The third-order valence-corrected chi connectivity index (χ3v) is 6.52. The Morgan fingerprint density at radius 1 is 1.03 bits per heavy atom. The first-order valence-electron chi connectivity index (χ1n) is 10.8. The van der Waals surface area contributed by atoms with Gasteiger partial charge in [0.25, 0.3) is 5.91 Å². The van der Waals surface area contributed by atoms with Gasteiger partial charge in [0.1, 0.15) is 0 Å². The second kappa shape index (κ2) is 8.45. The number of carbonyl (C=O) groups is 2. The molecule has 33 heavy (non-hydrogen) atoms. The van der Waals surface area contributed by atoms with E-state index >= 15 is 0 Å². The van der Waals surface area contributed by atoms with Crippen molar-refractivity contribution in [2.24, 2.45) is 0 Å². The predicted molar refractivity (Wildman–Crippen MR) is 133 cm³/mol. The van der Waals surface area contributed by atoms with Gasteiger partial charge in [-0.25, -0.2) is 9.78 Å². The molecule has 0 spiro atoms. The number of amides is 1. The molecule has 0 radical (unpaired) electrons. The molecule has 0 saturated heterocycles. The molecule has 6 heteroatoms. The fourth-order valence-corrected chi connectivity index (χ4v) is 4.59. The zero-order chi connectivity index (χ0) is 23.1. The van der Waals surface area contributed by atoms with E-state index in [2.05, 4.69) is 21.2 Å². The Hall–Kier alpha value is -3.51. The van der Waals surface area contributed by atoms with Gasteiger partial charge in [0.2, 0.25) is 0 Å². The molecule has 2 N–H and O–H groups in total. The number of hydrogen-bond acceptors (Lipinski definition) is 3. The van der Waals surface area contributed by atoms with Crippen LogP contribution < -0.4 is 5.32 Å². The molecule has 0 aliphatic heterocycles. The number of halogens is 1. The second-order valence-electron chi connectivity index (χ2n) is 8.32. The Labute approximate surface area is 199 Å². The molecule has 4 aromatic rings. The largest absolute Gasteiger partial charge is 0.478 e. The third kappa shape index (κ3) is 4.14. The lowest BCUT2D eigenvalue weighted by Gasteiger charge is -2.17. The Morgan fingerprint density at radius 2 is 1.79 bits per heavy atom. The molecule has 1 fully saturated rings. The third-order valence-electron chi connectivity index (χ3n) is 6.03. The molecule has 164 valence electrons. The van der Waals surface area contributed by atoms with Crippen LogP contribution in [0.2, 0.25) is 0 Å². The number of carbonyl (C=O) groups excluding carboxylic acids is 1. The standard InChI is InChI=1S/C27H21BrN2O3/c1-15-24(26(31)30-22-11-9-18(27(32)33)13-20(22)16-7-8-16)21-14-19(28)10-12-23(21)29-25(15)17-5-3-2-4-6-17/h2-6,9-14,16H,7-8H2,1H3,(H,30,31)(H,32,33). The summed E-state index contributed by atoms with van der Waals surface area (Å²) in [5.41, 5.74) is 5.56. The fraction of sp³-hybridized carbons (Fsp3) is 0.148. The molecule has 1 amide bonds. The Bertz CT molecular complexity index is 1410. The maximum atomic E-state index is 13.7. The van der Waals surface area contributed by atoms with Crippen LogP contribution in [0.5, 0.6) is 0 Å². The van der Waals surface area contributed by atoms with Crippen LogP contribution in [0.4, 0.5) is 5.69 Å². The van der Waals surface area contributed by atoms with Crippen LogP contribution in [0.1, 0.15) is 50.6 Å². The van der Waals surface area contributed by atoms with Gasteiger partial charge in [-0.1, -0.05) is 46.3 Å². The topological polar surface area (TPSA) is 79.3 Å². The number of carboxylic acids is 1. The molecule has 1 aliphatic rings. The average molecular weight is 501 g/mol. The molecule has 1 heterocycles. The van der Waals surface area contributed by atoms with E-state index in [4.69, 9.17) is 4.98 Å².